The van der Waals surface area contributed by atoms with Crippen LogP contribution in [0, 0.1) is 6.92 Å². The van der Waals surface area contributed by atoms with Crippen LogP contribution in [-0.2, 0) is 0 Å². The summed E-state index contributed by atoms with van der Waals surface area (Å²) in [6.07, 6.45) is 5.52. The number of hydrogen-bond acceptors (Lipinski definition) is 6. The highest BCUT2D eigenvalue weighted by Gasteiger charge is 2.19. The third-order valence-electron chi connectivity index (χ3n) is 3.82. The first-order valence-corrected chi connectivity index (χ1v) is 8.19. The Labute approximate surface area is 140 Å². The van der Waals surface area contributed by atoms with E-state index in [2.05, 4.69) is 25.3 Å². The monoisotopic (exact) mass is 333 g/mol. The molecular formula is C16H11N7S. The van der Waals surface area contributed by atoms with Crippen LogP contribution in [0.4, 0.5) is 0 Å². The molecule has 0 atom stereocenters. The van der Waals surface area contributed by atoms with Gasteiger partial charge in [-0.25, -0.2) is 4.98 Å². The molecule has 5 aromatic heterocycles. The zero-order valence-electron chi connectivity index (χ0n) is 12.7. The van der Waals surface area contributed by atoms with Gasteiger partial charge in [0.1, 0.15) is 16.3 Å². The summed E-state index contributed by atoms with van der Waals surface area (Å²) in [5, 5.41) is 14.1. The number of hydrogen-bond donors (Lipinski definition) is 0. The Balaban J connectivity index is 1.75. The van der Waals surface area contributed by atoms with E-state index < -0.39 is 0 Å². The Bertz CT molecular complexity index is 1170. The van der Waals surface area contributed by atoms with Crippen molar-refractivity contribution >= 4 is 21.9 Å². The Hall–Kier alpha value is -3.13. The Morgan fingerprint density at radius 1 is 1.08 bits per heavy atom. The smallest absolute Gasteiger partial charge is 0.235 e. The third-order valence-corrected chi connectivity index (χ3v) is 4.76. The normalized spacial score (nSPS) is 11.5. The van der Waals surface area contributed by atoms with Crippen LogP contribution in [0.5, 0.6) is 0 Å². The van der Waals surface area contributed by atoms with Gasteiger partial charge in [0.25, 0.3) is 0 Å². The van der Waals surface area contributed by atoms with Gasteiger partial charge in [0, 0.05) is 24.2 Å². The van der Waals surface area contributed by atoms with Crippen molar-refractivity contribution < 1.29 is 0 Å². The first kappa shape index (κ1) is 13.3. The number of imidazole rings is 1. The van der Waals surface area contributed by atoms with E-state index in [0.29, 0.717) is 5.82 Å². The summed E-state index contributed by atoms with van der Waals surface area (Å²) in [5.41, 5.74) is 3.64. The summed E-state index contributed by atoms with van der Waals surface area (Å²) < 4.78 is 3.78. The topological polar surface area (TPSA) is 73.3 Å². The highest BCUT2D eigenvalue weighted by Crippen LogP contribution is 2.29. The lowest BCUT2D eigenvalue weighted by Crippen LogP contribution is -1.96. The zero-order chi connectivity index (χ0) is 16.1. The molecular weight excluding hydrogens is 322 g/mol. The molecule has 0 aliphatic carbocycles. The van der Waals surface area contributed by atoms with Gasteiger partial charge in [-0.15, -0.1) is 10.2 Å². The van der Waals surface area contributed by atoms with Crippen molar-refractivity contribution in [2.45, 2.75) is 6.92 Å². The van der Waals surface area contributed by atoms with Crippen LogP contribution in [0.25, 0.3) is 32.7 Å². The minimum Gasteiger partial charge on any atom is -0.297 e. The molecule has 24 heavy (non-hydrogen) atoms. The maximum atomic E-state index is 4.68. The summed E-state index contributed by atoms with van der Waals surface area (Å²) >= 11 is 1.49. The molecule has 0 saturated heterocycles. The summed E-state index contributed by atoms with van der Waals surface area (Å²) in [7, 11) is 0. The molecule has 0 aliphatic rings. The van der Waals surface area contributed by atoms with Crippen LogP contribution in [0.3, 0.4) is 0 Å². The van der Waals surface area contributed by atoms with Crippen LogP contribution in [0.2, 0.25) is 0 Å². The average molecular weight is 333 g/mol. The van der Waals surface area contributed by atoms with Crippen LogP contribution in [0.1, 0.15) is 5.69 Å². The fraction of sp³-hybridized carbons (Fsp3) is 0.0625. The van der Waals surface area contributed by atoms with Crippen LogP contribution in [-0.4, -0.2) is 34.2 Å². The molecule has 0 bridgehead atoms. The van der Waals surface area contributed by atoms with Crippen molar-refractivity contribution in [1.29, 1.82) is 0 Å². The minimum absolute atomic E-state index is 0.688. The molecule has 8 heteroatoms. The molecule has 7 nitrogen and oxygen atoms in total. The summed E-state index contributed by atoms with van der Waals surface area (Å²) in [5.74, 6) is 0.688. The van der Waals surface area contributed by atoms with Gasteiger partial charge >= 0.3 is 0 Å². The molecule has 0 radical (unpaired) electrons. The maximum absolute atomic E-state index is 4.68. The molecule has 0 spiro atoms. The first-order chi connectivity index (χ1) is 11.8. The largest absolute Gasteiger partial charge is 0.297 e. The van der Waals surface area contributed by atoms with Crippen molar-refractivity contribution in [3.8, 4) is 22.1 Å². The lowest BCUT2D eigenvalue weighted by Gasteiger charge is -1.99. The highest BCUT2D eigenvalue weighted by atomic mass is 32.1. The number of aromatic nitrogens is 7. The second kappa shape index (κ2) is 4.93. The number of pyridine rings is 2. The second-order valence-electron chi connectivity index (χ2n) is 5.34. The molecule has 0 aliphatic heterocycles. The predicted molar refractivity (Wildman–Crippen MR) is 90.8 cm³/mol. The van der Waals surface area contributed by atoms with Gasteiger partial charge in [-0.2, -0.15) is 9.61 Å². The van der Waals surface area contributed by atoms with Gasteiger partial charge < -0.3 is 0 Å². The molecule has 0 fully saturated rings. The summed E-state index contributed by atoms with van der Waals surface area (Å²) in [6, 6.07) is 9.79. The molecule has 0 unspecified atom stereocenters. The molecule has 5 rings (SSSR count). The molecule has 116 valence electrons. The number of aryl methyl sites for hydroxylation is 1. The van der Waals surface area contributed by atoms with E-state index in [1.165, 1.54) is 11.3 Å². The van der Waals surface area contributed by atoms with E-state index in [1.807, 2.05) is 47.9 Å². The summed E-state index contributed by atoms with van der Waals surface area (Å²) in [6.45, 7) is 1.97. The Morgan fingerprint density at radius 3 is 2.92 bits per heavy atom. The number of rotatable bonds is 2. The fourth-order valence-electron chi connectivity index (χ4n) is 2.75. The van der Waals surface area contributed by atoms with Crippen LogP contribution < -0.4 is 0 Å². The van der Waals surface area contributed by atoms with Crippen LogP contribution in [0.15, 0.2) is 48.9 Å². The standard InChI is InChI=1S/C16H11N7S/c1-10-13(22-8-3-2-6-12(22)18-10)14-19-20-16-23(14)21-15(24-16)11-5-4-7-17-9-11/h2-9H,1H3. The van der Waals surface area contributed by atoms with E-state index in [-0.39, 0.29) is 0 Å². The Morgan fingerprint density at radius 2 is 2.04 bits per heavy atom. The van der Waals surface area contributed by atoms with Crippen molar-refractivity contribution in [2.24, 2.45) is 0 Å². The molecule has 5 aromatic rings. The quantitative estimate of drug-likeness (QED) is 0.497. The molecule has 0 aromatic carbocycles. The van der Waals surface area contributed by atoms with Gasteiger partial charge in [-0.3, -0.25) is 9.38 Å². The zero-order valence-corrected chi connectivity index (χ0v) is 13.5. The number of fused-ring (bicyclic) bond motifs is 2. The highest BCUT2D eigenvalue weighted by molar-refractivity contribution is 7.19. The Kier molecular flexibility index (Phi) is 2.74. The van der Waals surface area contributed by atoms with Gasteiger partial charge in [-0.1, -0.05) is 17.4 Å². The molecule has 0 saturated carbocycles. The average Bonchev–Trinajstić information content (AvgIpc) is 3.27. The van der Waals surface area contributed by atoms with E-state index in [0.717, 1.165) is 32.6 Å². The lowest BCUT2D eigenvalue weighted by molar-refractivity contribution is 0.953. The third kappa shape index (κ3) is 1.86. The van der Waals surface area contributed by atoms with Gasteiger partial charge in [0.2, 0.25) is 10.8 Å². The molecule has 0 N–H and O–H groups in total. The first-order valence-electron chi connectivity index (χ1n) is 7.38. The van der Waals surface area contributed by atoms with E-state index >= 15 is 0 Å². The van der Waals surface area contributed by atoms with Gasteiger partial charge in [-0.05, 0) is 31.2 Å². The number of nitrogens with zero attached hydrogens (tertiary/aromatic N) is 7. The molecule has 5 heterocycles. The SMILES string of the molecule is Cc1nc2ccccn2c1-c1nnc2sc(-c3cccnc3)nn12. The minimum atomic E-state index is 0.688. The van der Waals surface area contributed by atoms with E-state index in [4.69, 9.17) is 0 Å². The van der Waals surface area contributed by atoms with Gasteiger partial charge in [0.05, 0.1) is 5.69 Å². The maximum Gasteiger partial charge on any atom is 0.235 e. The van der Waals surface area contributed by atoms with Crippen molar-refractivity contribution in [3.05, 3.63) is 54.6 Å². The van der Waals surface area contributed by atoms with Crippen molar-refractivity contribution in [3.63, 3.8) is 0 Å². The van der Waals surface area contributed by atoms with E-state index in [1.54, 1.807) is 16.9 Å². The molecule has 0 amide bonds. The fourth-order valence-corrected chi connectivity index (χ4v) is 3.58. The van der Waals surface area contributed by atoms with Crippen molar-refractivity contribution in [2.75, 3.05) is 0 Å². The predicted octanol–water partition coefficient (Wildman–Crippen LogP) is 2.87. The van der Waals surface area contributed by atoms with Crippen molar-refractivity contribution in [1.82, 2.24) is 34.2 Å². The van der Waals surface area contributed by atoms with E-state index in [9.17, 15) is 0 Å². The lowest BCUT2D eigenvalue weighted by atomic mass is 10.3. The second-order valence-corrected chi connectivity index (χ2v) is 6.30. The summed E-state index contributed by atoms with van der Waals surface area (Å²) in [4.78, 5) is 9.48. The van der Waals surface area contributed by atoms with Crippen LogP contribution >= 0.6 is 11.3 Å². The van der Waals surface area contributed by atoms with Gasteiger partial charge in [0.15, 0.2) is 0 Å².